The van der Waals surface area contributed by atoms with Crippen molar-refractivity contribution in [2.75, 3.05) is 0 Å². The predicted molar refractivity (Wildman–Crippen MR) is 133 cm³/mol. The highest BCUT2D eigenvalue weighted by Gasteiger charge is 2.33. The number of rotatable bonds is 8. The van der Waals surface area contributed by atoms with Gasteiger partial charge in [0.1, 0.15) is 6.04 Å². The molecule has 0 bridgehead atoms. The molecule has 0 spiro atoms. The number of amides is 2. The summed E-state index contributed by atoms with van der Waals surface area (Å²) in [6.45, 7) is 1.82. The highest BCUT2D eigenvalue weighted by Crippen LogP contribution is 2.29. The smallest absolute Gasteiger partial charge is 0.382 e. The van der Waals surface area contributed by atoms with E-state index in [4.69, 9.17) is 4.84 Å². The fraction of sp³-hybridized carbons (Fsp3) is 0.250. The number of oxime groups is 1. The average molecular weight is 510 g/mol. The predicted octanol–water partition coefficient (Wildman–Crippen LogP) is 4.55. The Balaban J connectivity index is 1.43. The summed E-state index contributed by atoms with van der Waals surface area (Å²) >= 11 is 0. The lowest BCUT2D eigenvalue weighted by Crippen LogP contribution is -2.50. The first kappa shape index (κ1) is 25.9. The van der Waals surface area contributed by atoms with Gasteiger partial charge in [-0.2, -0.15) is 13.2 Å². The molecule has 3 aromatic rings. The van der Waals surface area contributed by atoms with E-state index in [0.29, 0.717) is 11.3 Å². The second-order valence-corrected chi connectivity index (χ2v) is 8.82. The van der Waals surface area contributed by atoms with Crippen LogP contribution in [0.4, 0.5) is 13.2 Å². The third kappa shape index (κ3) is 6.75. The van der Waals surface area contributed by atoms with Crippen LogP contribution in [0.2, 0.25) is 0 Å². The van der Waals surface area contributed by atoms with E-state index in [1.54, 1.807) is 0 Å². The quantitative estimate of drug-likeness (QED) is 0.468. The molecule has 6 nitrogen and oxygen atoms in total. The Hall–Kier alpha value is -4.14. The summed E-state index contributed by atoms with van der Waals surface area (Å²) in [5.41, 5.74) is 2.84. The van der Waals surface area contributed by atoms with Gasteiger partial charge in [-0.25, -0.2) is 0 Å². The third-order valence-electron chi connectivity index (χ3n) is 6.05. The molecule has 0 aliphatic carbocycles. The third-order valence-corrected chi connectivity index (χ3v) is 6.05. The normalized spacial score (nSPS) is 15.9. The fourth-order valence-electron chi connectivity index (χ4n) is 4.07. The monoisotopic (exact) mass is 509 g/mol. The van der Waals surface area contributed by atoms with Crippen molar-refractivity contribution in [2.45, 2.75) is 44.6 Å². The molecule has 0 saturated carbocycles. The van der Waals surface area contributed by atoms with E-state index in [9.17, 15) is 22.8 Å². The van der Waals surface area contributed by atoms with E-state index < -0.39 is 35.7 Å². The van der Waals surface area contributed by atoms with Crippen LogP contribution in [0.5, 0.6) is 0 Å². The lowest BCUT2D eigenvalue weighted by Gasteiger charge is -2.20. The standard InChI is InChI=1S/C28H26F3N3O3/c1-18-8-5-6-13-22(18)23-16-25(37-34-23)27(36)33-24(15-19-9-3-2-4-10-19)26(35)32-17-20-11-7-12-21(14-20)28(29,30)31/h2-14,24-25H,15-17H2,1H3,(H,32,35)(H,33,36). The van der Waals surface area contributed by atoms with Gasteiger partial charge in [0.05, 0.1) is 11.3 Å². The van der Waals surface area contributed by atoms with Gasteiger partial charge in [0.15, 0.2) is 0 Å². The molecule has 4 rings (SSSR count). The van der Waals surface area contributed by atoms with Crippen LogP contribution in [0.1, 0.15) is 34.2 Å². The molecule has 2 atom stereocenters. The van der Waals surface area contributed by atoms with Crippen LogP contribution < -0.4 is 10.6 Å². The fourth-order valence-corrected chi connectivity index (χ4v) is 4.07. The van der Waals surface area contributed by atoms with Gasteiger partial charge in [0.2, 0.25) is 12.0 Å². The van der Waals surface area contributed by atoms with Crippen molar-refractivity contribution in [3.63, 3.8) is 0 Å². The average Bonchev–Trinajstić information content (AvgIpc) is 3.38. The summed E-state index contributed by atoms with van der Waals surface area (Å²) in [6.07, 6.45) is -4.94. The second kappa shape index (κ2) is 11.3. The van der Waals surface area contributed by atoms with E-state index in [-0.39, 0.29) is 19.4 Å². The van der Waals surface area contributed by atoms with Crippen molar-refractivity contribution in [3.05, 3.63) is 107 Å². The zero-order valence-corrected chi connectivity index (χ0v) is 20.1. The number of aryl methyl sites for hydroxylation is 1. The van der Waals surface area contributed by atoms with Gasteiger partial charge in [-0.1, -0.05) is 71.9 Å². The van der Waals surface area contributed by atoms with Crippen LogP contribution in [-0.2, 0) is 33.6 Å². The number of nitrogens with zero attached hydrogens (tertiary/aromatic N) is 1. The van der Waals surface area contributed by atoms with Crippen LogP contribution >= 0.6 is 0 Å². The Bertz CT molecular complexity index is 1290. The molecule has 9 heteroatoms. The summed E-state index contributed by atoms with van der Waals surface area (Å²) in [7, 11) is 0. The van der Waals surface area contributed by atoms with Gasteiger partial charge in [0.25, 0.3) is 5.91 Å². The molecular formula is C28H26F3N3O3. The van der Waals surface area contributed by atoms with E-state index in [1.807, 2.05) is 61.5 Å². The summed E-state index contributed by atoms with van der Waals surface area (Å²) in [5.74, 6) is -1.02. The minimum absolute atomic E-state index is 0.121. The van der Waals surface area contributed by atoms with Crippen molar-refractivity contribution in [1.82, 2.24) is 10.6 Å². The Kier molecular flexibility index (Phi) is 7.91. The van der Waals surface area contributed by atoms with Crippen LogP contribution in [0.15, 0.2) is 84.0 Å². The molecule has 1 heterocycles. The van der Waals surface area contributed by atoms with Crippen molar-refractivity contribution in [1.29, 1.82) is 0 Å². The van der Waals surface area contributed by atoms with Crippen molar-refractivity contribution < 1.29 is 27.6 Å². The number of carbonyl (C=O) groups excluding carboxylic acids is 2. The molecule has 192 valence electrons. The molecule has 0 fully saturated rings. The molecule has 2 amide bonds. The van der Waals surface area contributed by atoms with Crippen molar-refractivity contribution in [3.8, 4) is 0 Å². The number of alkyl halides is 3. The number of hydrogen-bond acceptors (Lipinski definition) is 4. The summed E-state index contributed by atoms with van der Waals surface area (Å²) in [6, 6.07) is 20.5. The highest BCUT2D eigenvalue weighted by molar-refractivity contribution is 6.05. The molecule has 1 aliphatic heterocycles. The molecular weight excluding hydrogens is 483 g/mol. The second-order valence-electron chi connectivity index (χ2n) is 8.82. The van der Waals surface area contributed by atoms with E-state index in [0.717, 1.165) is 28.8 Å². The van der Waals surface area contributed by atoms with Crippen molar-refractivity contribution >= 4 is 17.5 Å². The zero-order chi connectivity index (χ0) is 26.4. The Morgan fingerprint density at radius 3 is 2.43 bits per heavy atom. The first-order valence-electron chi connectivity index (χ1n) is 11.8. The molecule has 0 aromatic heterocycles. The Labute approximate surface area is 212 Å². The van der Waals surface area contributed by atoms with Crippen LogP contribution in [0.25, 0.3) is 0 Å². The summed E-state index contributed by atoms with van der Waals surface area (Å²) < 4.78 is 39.1. The van der Waals surface area contributed by atoms with Crippen LogP contribution in [-0.4, -0.2) is 29.7 Å². The Morgan fingerprint density at radius 1 is 1.00 bits per heavy atom. The molecule has 2 N–H and O–H groups in total. The SMILES string of the molecule is Cc1ccccc1C1=NOC(C(=O)NC(Cc2ccccc2)C(=O)NCc2cccc(C(F)(F)F)c2)C1. The highest BCUT2D eigenvalue weighted by atomic mass is 19.4. The lowest BCUT2D eigenvalue weighted by molar-refractivity contribution is -0.137. The number of hydrogen-bond donors (Lipinski definition) is 2. The van der Waals surface area contributed by atoms with E-state index >= 15 is 0 Å². The number of halogens is 3. The molecule has 3 aromatic carbocycles. The van der Waals surface area contributed by atoms with Gasteiger partial charge in [-0.3, -0.25) is 9.59 Å². The molecule has 2 unspecified atom stereocenters. The van der Waals surface area contributed by atoms with Gasteiger partial charge < -0.3 is 15.5 Å². The van der Waals surface area contributed by atoms with E-state index in [2.05, 4.69) is 15.8 Å². The summed E-state index contributed by atoms with van der Waals surface area (Å²) in [4.78, 5) is 31.5. The molecule has 0 radical (unpaired) electrons. The van der Waals surface area contributed by atoms with Crippen LogP contribution in [0.3, 0.4) is 0 Å². The zero-order valence-electron chi connectivity index (χ0n) is 20.1. The molecule has 1 aliphatic rings. The first-order valence-corrected chi connectivity index (χ1v) is 11.8. The Morgan fingerprint density at radius 2 is 1.70 bits per heavy atom. The minimum atomic E-state index is -4.48. The number of carbonyl (C=O) groups is 2. The molecule has 37 heavy (non-hydrogen) atoms. The van der Waals surface area contributed by atoms with Gasteiger partial charge in [0, 0.05) is 24.9 Å². The largest absolute Gasteiger partial charge is 0.416 e. The van der Waals surface area contributed by atoms with Crippen molar-refractivity contribution in [2.24, 2.45) is 5.16 Å². The number of benzene rings is 3. The maximum atomic E-state index is 13.1. The van der Waals surface area contributed by atoms with Gasteiger partial charge in [-0.15, -0.1) is 0 Å². The maximum Gasteiger partial charge on any atom is 0.416 e. The van der Waals surface area contributed by atoms with Crippen LogP contribution in [0, 0.1) is 6.92 Å². The van der Waals surface area contributed by atoms with E-state index in [1.165, 1.54) is 12.1 Å². The summed E-state index contributed by atoms with van der Waals surface area (Å²) in [5, 5.41) is 9.45. The minimum Gasteiger partial charge on any atom is -0.382 e. The van der Waals surface area contributed by atoms with Gasteiger partial charge >= 0.3 is 6.18 Å². The first-order chi connectivity index (χ1) is 17.7. The lowest BCUT2D eigenvalue weighted by atomic mass is 9.99. The number of nitrogens with one attached hydrogen (secondary N) is 2. The maximum absolute atomic E-state index is 13.1. The topological polar surface area (TPSA) is 79.8 Å². The molecule has 0 saturated heterocycles. The van der Waals surface area contributed by atoms with Gasteiger partial charge in [-0.05, 0) is 35.7 Å².